The number of aromatic amines is 1. The van der Waals surface area contributed by atoms with Gasteiger partial charge in [0, 0.05) is 18.4 Å². The molecule has 4 rings (SSSR count). The third-order valence-electron chi connectivity index (χ3n) is 4.70. The molecule has 0 fully saturated rings. The van der Waals surface area contributed by atoms with Crippen LogP contribution in [-0.2, 0) is 12.8 Å². The largest absolute Gasteiger partial charge is 0.317 e. The second-order valence-corrected chi connectivity index (χ2v) is 6.62. The molecule has 2 heterocycles. The van der Waals surface area contributed by atoms with Crippen LogP contribution in [0.15, 0.2) is 53.3 Å². The molecule has 1 N–H and O–H groups in total. The van der Waals surface area contributed by atoms with Gasteiger partial charge in [-0.1, -0.05) is 37.3 Å². The Bertz CT molecular complexity index is 1180. The number of carbonyl (C=O) groups excluding carboxylic acids is 1. The van der Waals surface area contributed by atoms with Gasteiger partial charge in [0.15, 0.2) is 5.78 Å². The molecular weight excluding hydrogens is 340 g/mol. The lowest BCUT2D eigenvalue weighted by Crippen LogP contribution is -2.12. The minimum atomic E-state index is -0.300. The van der Waals surface area contributed by atoms with Gasteiger partial charge in [0.05, 0.1) is 11.0 Å². The van der Waals surface area contributed by atoms with Gasteiger partial charge in [-0.2, -0.15) is 0 Å². The van der Waals surface area contributed by atoms with E-state index in [2.05, 4.69) is 22.1 Å². The quantitative estimate of drug-likeness (QED) is 0.535. The maximum Gasteiger partial charge on any atom is 0.294 e. The van der Waals surface area contributed by atoms with E-state index in [1.165, 1.54) is 0 Å². The van der Waals surface area contributed by atoms with Gasteiger partial charge in [0.2, 0.25) is 5.65 Å². The second kappa shape index (κ2) is 7.15. The minimum Gasteiger partial charge on any atom is -0.317 e. The molecular formula is C21H20N4O2. The molecule has 0 saturated heterocycles. The summed E-state index contributed by atoms with van der Waals surface area (Å²) in [6.45, 7) is 2.06. The van der Waals surface area contributed by atoms with Crippen molar-refractivity contribution in [2.24, 2.45) is 0 Å². The van der Waals surface area contributed by atoms with E-state index >= 15 is 0 Å². The van der Waals surface area contributed by atoms with Crippen molar-refractivity contribution in [3.8, 4) is 0 Å². The highest BCUT2D eigenvalue weighted by Crippen LogP contribution is 2.17. The Hall–Kier alpha value is -3.28. The molecule has 2 aromatic heterocycles. The van der Waals surface area contributed by atoms with E-state index in [4.69, 9.17) is 0 Å². The van der Waals surface area contributed by atoms with Crippen molar-refractivity contribution in [1.29, 1.82) is 0 Å². The van der Waals surface area contributed by atoms with E-state index in [0.29, 0.717) is 23.9 Å². The van der Waals surface area contributed by atoms with Gasteiger partial charge in [-0.15, -0.1) is 10.2 Å². The third-order valence-corrected chi connectivity index (χ3v) is 4.70. The molecule has 0 aliphatic rings. The van der Waals surface area contributed by atoms with Gasteiger partial charge < -0.3 is 4.98 Å². The zero-order valence-corrected chi connectivity index (χ0v) is 15.1. The number of hydrogen-bond donors (Lipinski definition) is 1. The van der Waals surface area contributed by atoms with Crippen molar-refractivity contribution in [2.45, 2.75) is 32.6 Å². The van der Waals surface area contributed by atoms with Gasteiger partial charge in [0.25, 0.3) is 5.56 Å². The predicted octanol–water partition coefficient (Wildman–Crippen LogP) is 3.34. The number of aryl methyl sites for hydroxylation is 2. The Labute approximate surface area is 155 Å². The molecule has 4 aromatic rings. The van der Waals surface area contributed by atoms with Crippen molar-refractivity contribution in [2.75, 3.05) is 0 Å². The fraction of sp³-hybridized carbons (Fsp3) is 0.238. The third kappa shape index (κ3) is 3.26. The number of rotatable bonds is 6. The number of nitrogens with one attached hydrogen (secondary N) is 1. The van der Waals surface area contributed by atoms with Crippen LogP contribution in [0.25, 0.3) is 16.7 Å². The molecule has 0 amide bonds. The van der Waals surface area contributed by atoms with Crippen LogP contribution in [0.3, 0.4) is 0 Å². The first-order chi connectivity index (χ1) is 13.2. The van der Waals surface area contributed by atoms with Crippen molar-refractivity contribution in [1.82, 2.24) is 19.6 Å². The Morgan fingerprint density at radius 2 is 1.89 bits per heavy atom. The highest BCUT2D eigenvalue weighted by atomic mass is 16.1. The molecule has 27 heavy (non-hydrogen) atoms. The fourth-order valence-electron chi connectivity index (χ4n) is 3.33. The average Bonchev–Trinajstić information content (AvgIpc) is 3.11. The lowest BCUT2D eigenvalue weighted by atomic mass is 10.0. The number of hydrogen-bond acceptors (Lipinski definition) is 4. The molecule has 0 bridgehead atoms. The monoisotopic (exact) mass is 360 g/mol. The van der Waals surface area contributed by atoms with Crippen molar-refractivity contribution < 1.29 is 4.79 Å². The zero-order valence-electron chi connectivity index (χ0n) is 15.1. The number of carbonyl (C=O) groups is 1. The van der Waals surface area contributed by atoms with E-state index in [-0.39, 0.29) is 17.0 Å². The van der Waals surface area contributed by atoms with Gasteiger partial charge in [-0.25, -0.2) is 0 Å². The number of fused-ring (bicyclic) bond motifs is 3. The van der Waals surface area contributed by atoms with Crippen molar-refractivity contribution >= 4 is 22.5 Å². The van der Waals surface area contributed by atoms with Crippen LogP contribution in [-0.4, -0.2) is 25.4 Å². The summed E-state index contributed by atoms with van der Waals surface area (Å²) in [6.07, 6.45) is 2.76. The molecule has 6 nitrogen and oxygen atoms in total. The number of nitrogens with zero attached hydrogens (tertiary/aromatic N) is 3. The molecule has 0 radical (unpaired) electrons. The molecule has 136 valence electrons. The Balaban J connectivity index is 1.69. The van der Waals surface area contributed by atoms with Crippen molar-refractivity contribution in [3.05, 3.63) is 75.8 Å². The standard InChI is InChI=1S/C21H20N4O2/c1-2-6-19-23-24-20-21(27)22-16-13-15(10-11-17(16)25(19)20)18(26)12-9-14-7-4-3-5-8-14/h3-5,7-8,10-11,13H,2,6,9,12H2,1H3,(H,22,27). The van der Waals surface area contributed by atoms with Gasteiger partial charge in [-0.3, -0.25) is 14.0 Å². The number of aromatic nitrogens is 4. The number of Topliss-reactive ketones (excluding diaryl/α,β-unsaturated/α-hetero) is 1. The molecule has 2 aromatic carbocycles. The second-order valence-electron chi connectivity index (χ2n) is 6.62. The van der Waals surface area contributed by atoms with E-state index in [1.807, 2.05) is 42.5 Å². The number of ketones is 1. The summed E-state index contributed by atoms with van der Waals surface area (Å²) in [4.78, 5) is 27.8. The summed E-state index contributed by atoms with van der Waals surface area (Å²) < 4.78 is 1.79. The summed E-state index contributed by atoms with van der Waals surface area (Å²) in [5.74, 6) is 0.811. The van der Waals surface area contributed by atoms with Crippen LogP contribution in [0.5, 0.6) is 0 Å². The first-order valence-corrected chi connectivity index (χ1v) is 9.14. The normalized spacial score (nSPS) is 11.3. The summed E-state index contributed by atoms with van der Waals surface area (Å²) in [5.41, 5.74) is 3.14. The summed E-state index contributed by atoms with van der Waals surface area (Å²) in [5, 5.41) is 8.15. The molecule has 0 atom stereocenters. The molecule has 0 unspecified atom stereocenters. The molecule has 0 aliphatic heterocycles. The summed E-state index contributed by atoms with van der Waals surface area (Å²) in [6, 6.07) is 15.4. The fourth-order valence-corrected chi connectivity index (χ4v) is 3.33. The Kier molecular flexibility index (Phi) is 4.54. The van der Waals surface area contributed by atoms with Crippen LogP contribution in [0.1, 0.15) is 41.5 Å². The maximum absolute atomic E-state index is 12.6. The van der Waals surface area contributed by atoms with Gasteiger partial charge in [0.1, 0.15) is 5.82 Å². The van der Waals surface area contributed by atoms with Crippen LogP contribution >= 0.6 is 0 Å². The summed E-state index contributed by atoms with van der Waals surface area (Å²) in [7, 11) is 0. The molecule has 0 aliphatic carbocycles. The van der Waals surface area contributed by atoms with Crippen molar-refractivity contribution in [3.63, 3.8) is 0 Å². The topological polar surface area (TPSA) is 80.1 Å². The smallest absolute Gasteiger partial charge is 0.294 e. The molecule has 0 saturated carbocycles. The zero-order chi connectivity index (χ0) is 18.8. The Morgan fingerprint density at radius 3 is 2.67 bits per heavy atom. The first kappa shape index (κ1) is 17.1. The van der Waals surface area contributed by atoms with Crippen LogP contribution in [0, 0.1) is 0 Å². The van der Waals surface area contributed by atoms with E-state index in [0.717, 1.165) is 29.7 Å². The summed E-state index contributed by atoms with van der Waals surface area (Å²) >= 11 is 0. The highest BCUT2D eigenvalue weighted by molar-refractivity contribution is 5.99. The lowest BCUT2D eigenvalue weighted by Gasteiger charge is -2.07. The average molecular weight is 360 g/mol. The molecule has 0 spiro atoms. The predicted molar refractivity (Wildman–Crippen MR) is 104 cm³/mol. The van der Waals surface area contributed by atoms with E-state index in [1.54, 1.807) is 10.5 Å². The highest BCUT2D eigenvalue weighted by Gasteiger charge is 2.14. The van der Waals surface area contributed by atoms with Gasteiger partial charge >= 0.3 is 0 Å². The maximum atomic E-state index is 12.6. The van der Waals surface area contributed by atoms with Crippen LogP contribution in [0.2, 0.25) is 0 Å². The number of benzene rings is 2. The Morgan fingerprint density at radius 1 is 1.07 bits per heavy atom. The van der Waals surface area contributed by atoms with Gasteiger partial charge in [-0.05, 0) is 36.6 Å². The first-order valence-electron chi connectivity index (χ1n) is 9.14. The minimum absolute atomic E-state index is 0.0548. The van der Waals surface area contributed by atoms with Crippen LogP contribution < -0.4 is 5.56 Å². The lowest BCUT2D eigenvalue weighted by molar-refractivity contribution is 0.0983. The molecule has 6 heteroatoms. The van der Waals surface area contributed by atoms with E-state index in [9.17, 15) is 9.59 Å². The SMILES string of the molecule is CCCc1nnc2c(=O)[nH]c3cc(C(=O)CCc4ccccc4)ccc3n12. The number of H-pyrrole nitrogens is 1. The van der Waals surface area contributed by atoms with Crippen LogP contribution in [0.4, 0.5) is 0 Å². The van der Waals surface area contributed by atoms with E-state index < -0.39 is 0 Å².